The van der Waals surface area contributed by atoms with Gasteiger partial charge in [-0.15, -0.1) is 0 Å². The lowest BCUT2D eigenvalue weighted by Gasteiger charge is -2.00. The van der Waals surface area contributed by atoms with Gasteiger partial charge in [-0.3, -0.25) is 20.1 Å². The zero-order chi connectivity index (χ0) is 13.7. The van der Waals surface area contributed by atoms with E-state index in [0.29, 0.717) is 10.7 Å². The van der Waals surface area contributed by atoms with E-state index in [0.717, 1.165) is 10.2 Å². The third-order valence-electron chi connectivity index (χ3n) is 2.26. The van der Waals surface area contributed by atoms with E-state index in [2.05, 4.69) is 26.9 Å². The average Bonchev–Trinajstić information content (AvgIpc) is 2.81. The average molecular weight is 272 g/mol. The molecule has 0 fully saturated rings. The SMILES string of the molecule is C=C/C(=C\N=CC)C(=O)Nc1nc2ccncc2s1. The normalized spacial score (nSPS) is 11.9. The van der Waals surface area contributed by atoms with Gasteiger partial charge in [-0.25, -0.2) is 4.98 Å². The van der Waals surface area contributed by atoms with Crippen LogP contribution in [0.5, 0.6) is 0 Å². The fraction of sp³-hybridized carbons (Fsp3) is 0.0769. The highest BCUT2D eigenvalue weighted by atomic mass is 32.1. The van der Waals surface area contributed by atoms with Gasteiger partial charge in [-0.05, 0) is 13.0 Å². The fourth-order valence-corrected chi connectivity index (χ4v) is 2.19. The molecule has 0 spiro atoms. The number of amides is 1. The minimum absolute atomic E-state index is 0.285. The van der Waals surface area contributed by atoms with Crippen LogP contribution in [-0.4, -0.2) is 22.1 Å². The van der Waals surface area contributed by atoms with Crippen LogP contribution in [0.4, 0.5) is 5.13 Å². The first kappa shape index (κ1) is 13.1. The Morgan fingerprint density at radius 2 is 2.42 bits per heavy atom. The van der Waals surface area contributed by atoms with Gasteiger partial charge in [0.15, 0.2) is 5.13 Å². The lowest BCUT2D eigenvalue weighted by Crippen LogP contribution is -2.12. The van der Waals surface area contributed by atoms with E-state index in [4.69, 9.17) is 0 Å². The Balaban J connectivity index is 2.20. The van der Waals surface area contributed by atoms with E-state index in [9.17, 15) is 4.79 Å². The number of anilines is 1. The van der Waals surface area contributed by atoms with E-state index in [-0.39, 0.29) is 5.91 Å². The molecule has 0 aliphatic carbocycles. The second-order valence-corrected chi connectivity index (χ2v) is 4.54. The first-order valence-electron chi connectivity index (χ1n) is 5.57. The van der Waals surface area contributed by atoms with Crippen molar-refractivity contribution < 1.29 is 4.79 Å². The molecule has 96 valence electrons. The zero-order valence-corrected chi connectivity index (χ0v) is 11.1. The van der Waals surface area contributed by atoms with Crippen LogP contribution in [0.2, 0.25) is 0 Å². The molecule has 1 amide bonds. The third-order valence-corrected chi connectivity index (χ3v) is 3.18. The quantitative estimate of drug-likeness (QED) is 0.528. The number of aromatic nitrogens is 2. The van der Waals surface area contributed by atoms with Gasteiger partial charge in [-0.2, -0.15) is 0 Å². The highest BCUT2D eigenvalue weighted by molar-refractivity contribution is 7.22. The van der Waals surface area contributed by atoms with Crippen molar-refractivity contribution in [1.29, 1.82) is 0 Å². The van der Waals surface area contributed by atoms with Crippen LogP contribution in [-0.2, 0) is 4.79 Å². The van der Waals surface area contributed by atoms with Crippen molar-refractivity contribution in [3.8, 4) is 0 Å². The second-order valence-electron chi connectivity index (χ2n) is 3.51. The zero-order valence-electron chi connectivity index (χ0n) is 10.3. The first-order valence-corrected chi connectivity index (χ1v) is 6.38. The third kappa shape index (κ3) is 3.11. The highest BCUT2D eigenvalue weighted by Crippen LogP contribution is 2.24. The number of carbonyl (C=O) groups is 1. The molecule has 0 atom stereocenters. The summed E-state index contributed by atoms with van der Waals surface area (Å²) in [6.45, 7) is 5.36. The number of nitrogens with zero attached hydrogens (tertiary/aromatic N) is 3. The number of hydrogen-bond acceptors (Lipinski definition) is 5. The molecule has 0 saturated carbocycles. The molecular formula is C13H12N4OS. The van der Waals surface area contributed by atoms with Gasteiger partial charge in [0.25, 0.3) is 5.91 Å². The number of nitrogens with one attached hydrogen (secondary N) is 1. The summed E-state index contributed by atoms with van der Waals surface area (Å²) in [5.41, 5.74) is 1.20. The Bertz CT molecular complexity index is 639. The van der Waals surface area contributed by atoms with Gasteiger partial charge < -0.3 is 0 Å². The van der Waals surface area contributed by atoms with Crippen molar-refractivity contribution >= 4 is 38.8 Å². The molecule has 2 rings (SSSR count). The first-order chi connectivity index (χ1) is 9.24. The van der Waals surface area contributed by atoms with Crippen LogP contribution in [0.25, 0.3) is 10.2 Å². The molecule has 0 radical (unpaired) electrons. The second kappa shape index (κ2) is 6.01. The van der Waals surface area contributed by atoms with Crippen LogP contribution in [0, 0.1) is 0 Å². The molecule has 0 aromatic carbocycles. The van der Waals surface area contributed by atoms with Crippen LogP contribution < -0.4 is 5.32 Å². The van der Waals surface area contributed by atoms with Gasteiger partial charge >= 0.3 is 0 Å². The van der Waals surface area contributed by atoms with Gasteiger partial charge in [-0.1, -0.05) is 24.0 Å². The predicted molar refractivity (Wildman–Crippen MR) is 78.5 cm³/mol. The minimum Gasteiger partial charge on any atom is -0.298 e. The molecule has 0 aliphatic heterocycles. The Kier molecular flexibility index (Phi) is 4.15. The largest absolute Gasteiger partial charge is 0.298 e. The smallest absolute Gasteiger partial charge is 0.258 e. The summed E-state index contributed by atoms with van der Waals surface area (Å²) in [7, 11) is 0. The molecule has 2 aromatic heterocycles. The molecular weight excluding hydrogens is 260 g/mol. The molecule has 0 aliphatic rings. The Morgan fingerprint density at radius 3 is 3.11 bits per heavy atom. The maximum Gasteiger partial charge on any atom is 0.258 e. The number of pyridine rings is 1. The molecule has 6 heteroatoms. The molecule has 19 heavy (non-hydrogen) atoms. The summed E-state index contributed by atoms with van der Waals surface area (Å²) in [4.78, 5) is 24.2. The summed E-state index contributed by atoms with van der Waals surface area (Å²) in [5.74, 6) is -0.285. The molecule has 0 bridgehead atoms. The monoisotopic (exact) mass is 272 g/mol. The minimum atomic E-state index is -0.285. The van der Waals surface area contributed by atoms with Gasteiger partial charge in [0.05, 0.1) is 15.8 Å². The summed E-state index contributed by atoms with van der Waals surface area (Å²) < 4.78 is 0.925. The molecule has 5 nitrogen and oxygen atoms in total. The lowest BCUT2D eigenvalue weighted by molar-refractivity contribution is -0.112. The number of fused-ring (bicyclic) bond motifs is 1. The van der Waals surface area contributed by atoms with Crippen LogP contribution in [0.3, 0.4) is 0 Å². The number of carbonyl (C=O) groups excluding carboxylic acids is 1. The van der Waals surface area contributed by atoms with Crippen molar-refractivity contribution in [2.75, 3.05) is 5.32 Å². The summed E-state index contributed by atoms with van der Waals surface area (Å²) >= 11 is 1.37. The number of thiazole rings is 1. The topological polar surface area (TPSA) is 67.2 Å². The van der Waals surface area contributed by atoms with Crippen LogP contribution in [0.15, 0.2) is 47.9 Å². The Morgan fingerprint density at radius 1 is 1.58 bits per heavy atom. The summed E-state index contributed by atoms with van der Waals surface area (Å²) in [5, 5.41) is 3.25. The lowest BCUT2D eigenvalue weighted by atomic mass is 10.3. The molecule has 0 unspecified atom stereocenters. The Labute approximate surface area is 114 Å². The van der Waals surface area contributed by atoms with Crippen LogP contribution in [0.1, 0.15) is 6.92 Å². The maximum absolute atomic E-state index is 12.0. The number of aliphatic imine (C=N–C) groups is 1. The van der Waals surface area contributed by atoms with Gasteiger partial charge in [0.2, 0.25) is 0 Å². The van der Waals surface area contributed by atoms with E-state index in [1.807, 2.05) is 0 Å². The van der Waals surface area contributed by atoms with Crippen LogP contribution >= 0.6 is 11.3 Å². The molecule has 1 N–H and O–H groups in total. The molecule has 0 saturated heterocycles. The van der Waals surface area contributed by atoms with E-state index in [1.54, 1.807) is 31.6 Å². The van der Waals surface area contributed by atoms with Gasteiger partial charge in [0.1, 0.15) is 0 Å². The number of rotatable bonds is 4. The summed E-state index contributed by atoms with van der Waals surface area (Å²) in [6, 6.07) is 1.80. The van der Waals surface area contributed by atoms with Crippen molar-refractivity contribution in [2.45, 2.75) is 6.92 Å². The summed E-state index contributed by atoms with van der Waals surface area (Å²) in [6.07, 6.45) is 7.89. The molecule has 2 heterocycles. The van der Waals surface area contributed by atoms with E-state index in [1.165, 1.54) is 23.6 Å². The van der Waals surface area contributed by atoms with E-state index >= 15 is 0 Å². The maximum atomic E-state index is 12.0. The number of hydrogen-bond donors (Lipinski definition) is 1. The van der Waals surface area contributed by atoms with Crippen molar-refractivity contribution in [1.82, 2.24) is 9.97 Å². The van der Waals surface area contributed by atoms with E-state index < -0.39 is 0 Å². The standard InChI is InChI=1S/C13H12N4OS/c1-3-9(7-14-4-2)12(18)17-13-16-10-5-6-15-8-11(10)19-13/h3-8H,1H2,2H3,(H,16,17,18)/b9-7+,14-4?. The fourth-order valence-electron chi connectivity index (χ4n) is 1.36. The predicted octanol–water partition coefficient (Wildman–Crippen LogP) is 2.79. The molecule has 2 aromatic rings. The van der Waals surface area contributed by atoms with Crippen molar-refractivity contribution in [3.63, 3.8) is 0 Å². The Hall–Kier alpha value is -2.34. The van der Waals surface area contributed by atoms with Crippen molar-refractivity contribution in [3.05, 3.63) is 42.9 Å². The highest BCUT2D eigenvalue weighted by Gasteiger charge is 2.10. The van der Waals surface area contributed by atoms with Gasteiger partial charge in [0, 0.05) is 24.8 Å². The van der Waals surface area contributed by atoms with Crippen molar-refractivity contribution in [2.24, 2.45) is 4.99 Å².